The minimum atomic E-state index is -5.13. The number of esters is 2. The number of hydrogen-bond acceptors (Lipinski definition) is 12. The zero-order valence-corrected chi connectivity index (χ0v) is 43.1. The van der Waals surface area contributed by atoms with Crippen molar-refractivity contribution >= 4 is 19.8 Å². The fourth-order valence-corrected chi connectivity index (χ4v) is 9.38. The van der Waals surface area contributed by atoms with E-state index in [4.69, 9.17) is 18.5 Å². The molecule has 0 bridgehead atoms. The molecule has 0 aromatic carbocycles. The third-order valence-electron chi connectivity index (χ3n) is 12.8. The van der Waals surface area contributed by atoms with E-state index in [0.29, 0.717) is 19.3 Å². The summed E-state index contributed by atoms with van der Waals surface area (Å²) in [6.45, 7) is 3.30. The van der Waals surface area contributed by atoms with Gasteiger partial charge in [-0.3, -0.25) is 18.6 Å². The number of hydrogen-bond donors (Lipinski definition) is 6. The van der Waals surface area contributed by atoms with Gasteiger partial charge in [-0.15, -0.1) is 0 Å². The summed E-state index contributed by atoms with van der Waals surface area (Å²) < 4.78 is 33.6. The van der Waals surface area contributed by atoms with Gasteiger partial charge in [0.05, 0.1) is 6.61 Å². The summed E-state index contributed by atoms with van der Waals surface area (Å²) in [6, 6.07) is 0. The standard InChI is InChI=1S/C53H99O13P/c1-3-5-7-9-11-13-15-17-19-20-21-22-23-24-25-26-28-30-32-34-36-38-40-42-47(55)65-45(44-64-67(61,62)66-53-51(59)49(57)48(56)50(58)52(53)60)43-63-46(54)41-39-37-35-33-31-29-27-18-16-14-12-10-8-6-4-2/h29,31,34,36,45,48-53,56-60H,3-28,30,32-33,35,37-44H2,1-2H3,(H,61,62)/b31-29+,36-34+/t45-,48?,49-,50?,51?,52?,53?/m1/s1. The van der Waals surface area contributed by atoms with E-state index in [-0.39, 0.29) is 12.8 Å². The van der Waals surface area contributed by atoms with Gasteiger partial charge in [-0.25, -0.2) is 4.57 Å². The second kappa shape index (κ2) is 43.1. The average Bonchev–Trinajstić information content (AvgIpc) is 3.31. The van der Waals surface area contributed by atoms with Crippen molar-refractivity contribution in [2.45, 2.75) is 288 Å². The summed E-state index contributed by atoms with van der Waals surface area (Å²) in [5.41, 5.74) is 0. The Morgan fingerprint density at radius 1 is 0.448 bits per heavy atom. The number of ether oxygens (including phenoxy) is 2. The van der Waals surface area contributed by atoms with Crippen LogP contribution in [0.4, 0.5) is 0 Å². The summed E-state index contributed by atoms with van der Waals surface area (Å²) in [6.07, 6.45) is 36.7. The van der Waals surface area contributed by atoms with Crippen molar-refractivity contribution in [3.63, 3.8) is 0 Å². The summed E-state index contributed by atoms with van der Waals surface area (Å²) >= 11 is 0. The predicted octanol–water partition coefficient (Wildman–Crippen LogP) is 12.0. The van der Waals surface area contributed by atoms with E-state index >= 15 is 0 Å². The molecule has 8 atom stereocenters. The van der Waals surface area contributed by atoms with Crippen molar-refractivity contribution in [3.8, 4) is 0 Å². The Balaban J connectivity index is 2.37. The van der Waals surface area contributed by atoms with E-state index in [9.17, 15) is 44.6 Å². The second-order valence-electron chi connectivity index (χ2n) is 19.1. The highest BCUT2D eigenvalue weighted by Crippen LogP contribution is 2.47. The van der Waals surface area contributed by atoms with E-state index in [2.05, 4.69) is 38.2 Å². The maximum atomic E-state index is 12.9. The van der Waals surface area contributed by atoms with Crippen molar-refractivity contribution in [3.05, 3.63) is 24.3 Å². The number of unbranched alkanes of at least 4 members (excludes halogenated alkanes) is 30. The number of aliphatic hydroxyl groups is 5. The lowest BCUT2D eigenvalue weighted by atomic mass is 9.85. The Morgan fingerprint density at radius 2 is 0.776 bits per heavy atom. The van der Waals surface area contributed by atoms with Crippen LogP contribution in [0, 0.1) is 0 Å². The monoisotopic (exact) mass is 975 g/mol. The minimum absolute atomic E-state index is 0.0490. The summed E-state index contributed by atoms with van der Waals surface area (Å²) in [7, 11) is -5.13. The average molecular weight is 975 g/mol. The Morgan fingerprint density at radius 3 is 1.18 bits per heavy atom. The largest absolute Gasteiger partial charge is 0.472 e. The zero-order chi connectivity index (χ0) is 49.2. The molecule has 0 radical (unpaired) electrons. The van der Waals surface area contributed by atoms with Crippen LogP contribution in [0.1, 0.15) is 245 Å². The summed E-state index contributed by atoms with van der Waals surface area (Å²) in [5.74, 6) is -1.14. The Bertz CT molecular complexity index is 1270. The van der Waals surface area contributed by atoms with E-state index in [1.807, 2.05) is 0 Å². The molecule has 67 heavy (non-hydrogen) atoms. The molecule has 1 aliphatic carbocycles. The van der Waals surface area contributed by atoms with Gasteiger partial charge in [-0.1, -0.05) is 199 Å². The lowest BCUT2D eigenvalue weighted by Crippen LogP contribution is -2.64. The van der Waals surface area contributed by atoms with Crippen LogP contribution in [0.5, 0.6) is 0 Å². The van der Waals surface area contributed by atoms with E-state index in [0.717, 1.165) is 38.5 Å². The first-order chi connectivity index (χ1) is 32.4. The molecule has 0 saturated heterocycles. The molecular weight excluding hydrogens is 876 g/mol. The molecule has 0 spiro atoms. The number of phosphoric acid groups is 1. The predicted molar refractivity (Wildman–Crippen MR) is 267 cm³/mol. The zero-order valence-electron chi connectivity index (χ0n) is 42.2. The number of carbonyl (C=O) groups is 2. The van der Waals surface area contributed by atoms with Crippen LogP contribution >= 0.6 is 7.82 Å². The fourth-order valence-electron chi connectivity index (χ4n) is 8.41. The first-order valence-electron chi connectivity index (χ1n) is 27.1. The topological polar surface area (TPSA) is 210 Å². The van der Waals surface area contributed by atoms with Crippen LogP contribution in [-0.4, -0.2) is 98.3 Å². The highest BCUT2D eigenvalue weighted by atomic mass is 31.2. The summed E-state index contributed by atoms with van der Waals surface area (Å²) in [5, 5.41) is 50.3. The smallest absolute Gasteiger partial charge is 0.462 e. The quantitative estimate of drug-likeness (QED) is 0.0145. The van der Waals surface area contributed by atoms with Gasteiger partial charge in [0.2, 0.25) is 0 Å². The van der Waals surface area contributed by atoms with Gasteiger partial charge in [-0.05, 0) is 57.8 Å². The maximum absolute atomic E-state index is 12.9. The number of aliphatic hydroxyl groups excluding tert-OH is 5. The fraction of sp³-hybridized carbons (Fsp3) is 0.887. The summed E-state index contributed by atoms with van der Waals surface area (Å²) in [4.78, 5) is 35.8. The third-order valence-corrected chi connectivity index (χ3v) is 13.8. The van der Waals surface area contributed by atoms with E-state index in [1.54, 1.807) is 0 Å². The van der Waals surface area contributed by atoms with Crippen molar-refractivity contribution < 1.29 is 63.1 Å². The number of rotatable bonds is 46. The van der Waals surface area contributed by atoms with E-state index < -0.39 is 75.7 Å². The molecule has 6 N–H and O–H groups in total. The molecule has 1 saturated carbocycles. The highest BCUT2D eigenvalue weighted by Gasteiger charge is 2.51. The Kier molecular flexibility index (Phi) is 40.8. The number of allylic oxidation sites excluding steroid dienone is 4. The van der Waals surface area contributed by atoms with Crippen molar-refractivity contribution in [1.29, 1.82) is 0 Å². The molecule has 0 amide bonds. The molecule has 0 aromatic heterocycles. The molecule has 0 heterocycles. The molecule has 394 valence electrons. The minimum Gasteiger partial charge on any atom is -0.462 e. The van der Waals surface area contributed by atoms with Crippen LogP contribution in [0.15, 0.2) is 24.3 Å². The van der Waals surface area contributed by atoms with Crippen molar-refractivity contribution in [1.82, 2.24) is 0 Å². The van der Waals surface area contributed by atoms with Gasteiger partial charge in [0.1, 0.15) is 43.2 Å². The lowest BCUT2D eigenvalue weighted by molar-refractivity contribution is -0.220. The van der Waals surface area contributed by atoms with Gasteiger partial charge >= 0.3 is 19.8 Å². The highest BCUT2D eigenvalue weighted by molar-refractivity contribution is 7.47. The van der Waals surface area contributed by atoms with Crippen LogP contribution in [0.2, 0.25) is 0 Å². The van der Waals surface area contributed by atoms with Gasteiger partial charge < -0.3 is 39.9 Å². The second-order valence-corrected chi connectivity index (χ2v) is 20.5. The molecule has 0 aliphatic heterocycles. The maximum Gasteiger partial charge on any atom is 0.472 e. The molecule has 0 aromatic rings. The van der Waals surface area contributed by atoms with Crippen LogP contribution in [0.25, 0.3) is 0 Å². The first-order valence-corrected chi connectivity index (χ1v) is 28.6. The molecule has 1 fully saturated rings. The van der Waals surface area contributed by atoms with Crippen LogP contribution < -0.4 is 0 Å². The molecule has 1 aliphatic rings. The van der Waals surface area contributed by atoms with Gasteiger partial charge in [0.15, 0.2) is 6.10 Å². The molecule has 13 nitrogen and oxygen atoms in total. The van der Waals surface area contributed by atoms with Crippen molar-refractivity contribution in [2.75, 3.05) is 13.2 Å². The number of phosphoric ester groups is 1. The molecule has 6 unspecified atom stereocenters. The Labute approximate surface area is 406 Å². The first kappa shape index (κ1) is 63.3. The molecular formula is C53H99O13P. The van der Waals surface area contributed by atoms with Gasteiger partial charge in [-0.2, -0.15) is 0 Å². The van der Waals surface area contributed by atoms with Crippen LogP contribution in [-0.2, 0) is 32.7 Å². The van der Waals surface area contributed by atoms with Crippen molar-refractivity contribution in [2.24, 2.45) is 0 Å². The third kappa shape index (κ3) is 35.1. The van der Waals surface area contributed by atoms with Gasteiger partial charge in [0, 0.05) is 12.8 Å². The Hall–Kier alpha value is -1.67. The molecule has 14 heteroatoms. The number of carbonyl (C=O) groups excluding carboxylic acids is 2. The van der Waals surface area contributed by atoms with Gasteiger partial charge in [0.25, 0.3) is 0 Å². The van der Waals surface area contributed by atoms with E-state index in [1.165, 1.54) is 161 Å². The SMILES string of the molecule is CCCCCCCCCC/C=C/CCCCCC(=O)OC[C@H](COP(=O)(O)OC1C(O)C(O)C(O)[C@@H](O)C1O)OC(=O)CCC/C=C/CCCCCCCCCCCCCCCCCCCC. The van der Waals surface area contributed by atoms with Crippen LogP contribution in [0.3, 0.4) is 0 Å². The molecule has 1 rings (SSSR count). The lowest BCUT2D eigenvalue weighted by Gasteiger charge is -2.41. The normalized spacial score (nSPS) is 21.3.